The third-order valence-corrected chi connectivity index (χ3v) is 3.82. The predicted octanol–water partition coefficient (Wildman–Crippen LogP) is 0.734. The molecule has 1 aliphatic rings. The minimum absolute atomic E-state index is 0.0688. The van der Waals surface area contributed by atoms with Crippen LogP contribution in [0.1, 0.15) is 26.7 Å². The summed E-state index contributed by atoms with van der Waals surface area (Å²) in [6.07, 6.45) is 2.14. The topological polar surface area (TPSA) is 86.9 Å². The number of nitrogens with zero attached hydrogens (tertiary/aromatic N) is 1. The minimum atomic E-state index is -0.467. The normalized spacial score (nSPS) is 20.0. The van der Waals surface area contributed by atoms with Crippen molar-refractivity contribution in [2.24, 2.45) is 11.3 Å². The Bertz CT molecular complexity index is 483. The fraction of sp³-hybridized carbons (Fsp3) is 0.615. The van der Waals surface area contributed by atoms with E-state index in [-0.39, 0.29) is 11.5 Å². The van der Waals surface area contributed by atoms with Crippen molar-refractivity contribution in [2.75, 3.05) is 18.4 Å². The maximum Gasteiger partial charge on any atom is 0.264 e. The van der Waals surface area contributed by atoms with E-state index in [4.69, 9.17) is 0 Å². The molecule has 1 atom stereocenters. The van der Waals surface area contributed by atoms with Gasteiger partial charge < -0.3 is 10.6 Å². The van der Waals surface area contributed by atoms with Gasteiger partial charge in [0.05, 0.1) is 0 Å². The number of nitrogens with one attached hydrogen (secondary N) is 3. The summed E-state index contributed by atoms with van der Waals surface area (Å²) in [5, 5.41) is 12.2. The molecular weight excluding hydrogens is 244 g/mol. The van der Waals surface area contributed by atoms with Crippen molar-refractivity contribution < 1.29 is 4.79 Å². The number of H-pyrrole nitrogens is 1. The van der Waals surface area contributed by atoms with Crippen LogP contribution >= 0.6 is 0 Å². The van der Waals surface area contributed by atoms with E-state index in [0.29, 0.717) is 11.7 Å². The first-order valence-corrected chi connectivity index (χ1v) is 6.58. The van der Waals surface area contributed by atoms with Crippen LogP contribution in [0.4, 0.5) is 5.82 Å². The van der Waals surface area contributed by atoms with Crippen LogP contribution in [-0.4, -0.2) is 29.2 Å². The van der Waals surface area contributed by atoms with Crippen LogP contribution < -0.4 is 16.2 Å². The smallest absolute Gasteiger partial charge is 0.264 e. The lowest BCUT2D eigenvalue weighted by Crippen LogP contribution is -2.45. The maximum absolute atomic E-state index is 12.3. The molecule has 6 heteroatoms. The molecule has 0 bridgehead atoms. The molecule has 1 unspecified atom stereocenters. The number of anilines is 1. The first-order valence-electron chi connectivity index (χ1n) is 6.58. The van der Waals surface area contributed by atoms with E-state index in [1.54, 1.807) is 0 Å². The second kappa shape index (κ2) is 5.52. The SMILES string of the molecule is CC(C)(C(=O)Nc1ccc(=O)[nH]n1)C1CCCNC1. The summed E-state index contributed by atoms with van der Waals surface area (Å²) in [7, 11) is 0. The minimum Gasteiger partial charge on any atom is -0.316 e. The number of aromatic amines is 1. The van der Waals surface area contributed by atoms with Crippen LogP contribution in [0.2, 0.25) is 0 Å². The Morgan fingerprint density at radius 3 is 2.84 bits per heavy atom. The monoisotopic (exact) mass is 264 g/mol. The van der Waals surface area contributed by atoms with Gasteiger partial charge in [-0.25, -0.2) is 5.10 Å². The van der Waals surface area contributed by atoms with Gasteiger partial charge in [-0.1, -0.05) is 13.8 Å². The average molecular weight is 264 g/mol. The van der Waals surface area contributed by atoms with E-state index in [2.05, 4.69) is 20.8 Å². The van der Waals surface area contributed by atoms with Gasteiger partial charge in [0.25, 0.3) is 5.56 Å². The second-order valence-corrected chi connectivity index (χ2v) is 5.53. The zero-order valence-electron chi connectivity index (χ0n) is 11.3. The number of amides is 1. The summed E-state index contributed by atoms with van der Waals surface area (Å²) in [5.41, 5.74) is -0.751. The highest BCUT2D eigenvalue weighted by atomic mass is 16.2. The average Bonchev–Trinajstić information content (AvgIpc) is 2.42. The van der Waals surface area contributed by atoms with E-state index in [1.807, 2.05) is 13.8 Å². The Kier molecular flexibility index (Phi) is 3.99. The van der Waals surface area contributed by atoms with Crippen molar-refractivity contribution >= 4 is 11.7 Å². The van der Waals surface area contributed by atoms with Crippen LogP contribution in [0.15, 0.2) is 16.9 Å². The van der Waals surface area contributed by atoms with Crippen LogP contribution in [0.25, 0.3) is 0 Å². The summed E-state index contributed by atoms with van der Waals surface area (Å²) in [6, 6.07) is 2.85. The van der Waals surface area contributed by atoms with E-state index in [0.717, 1.165) is 25.9 Å². The van der Waals surface area contributed by atoms with Crippen LogP contribution in [0.5, 0.6) is 0 Å². The van der Waals surface area contributed by atoms with Gasteiger partial charge in [-0.15, -0.1) is 0 Å². The van der Waals surface area contributed by atoms with Crippen LogP contribution in [-0.2, 0) is 4.79 Å². The molecule has 0 saturated carbocycles. The van der Waals surface area contributed by atoms with Crippen molar-refractivity contribution in [3.05, 3.63) is 22.5 Å². The number of carbonyl (C=O) groups excluding carboxylic acids is 1. The summed E-state index contributed by atoms with van der Waals surface area (Å²) in [6.45, 7) is 5.78. The third kappa shape index (κ3) is 3.20. The fourth-order valence-electron chi connectivity index (χ4n) is 2.34. The highest BCUT2D eigenvalue weighted by Crippen LogP contribution is 2.32. The molecule has 0 spiro atoms. The zero-order valence-corrected chi connectivity index (χ0v) is 11.3. The summed E-state index contributed by atoms with van der Waals surface area (Å²) in [4.78, 5) is 23.3. The van der Waals surface area contributed by atoms with Crippen LogP contribution in [0, 0.1) is 11.3 Å². The molecule has 6 nitrogen and oxygen atoms in total. The quantitative estimate of drug-likeness (QED) is 0.751. The molecular formula is C13H20N4O2. The Hall–Kier alpha value is -1.69. The van der Waals surface area contributed by atoms with Gasteiger partial charge in [0.2, 0.25) is 5.91 Å². The Morgan fingerprint density at radius 1 is 1.47 bits per heavy atom. The first-order chi connectivity index (χ1) is 9.00. The molecule has 0 aliphatic carbocycles. The number of rotatable bonds is 3. The molecule has 1 fully saturated rings. The van der Waals surface area contributed by atoms with Gasteiger partial charge >= 0.3 is 0 Å². The second-order valence-electron chi connectivity index (χ2n) is 5.53. The Balaban J connectivity index is 2.05. The lowest BCUT2D eigenvalue weighted by atomic mass is 9.74. The van der Waals surface area contributed by atoms with Crippen molar-refractivity contribution in [2.45, 2.75) is 26.7 Å². The zero-order chi connectivity index (χ0) is 13.9. The number of piperidine rings is 1. The molecule has 1 aromatic heterocycles. The van der Waals surface area contributed by atoms with E-state index in [9.17, 15) is 9.59 Å². The maximum atomic E-state index is 12.3. The van der Waals surface area contributed by atoms with Crippen molar-refractivity contribution in [1.29, 1.82) is 0 Å². The lowest BCUT2D eigenvalue weighted by Gasteiger charge is -2.35. The van der Waals surface area contributed by atoms with Crippen molar-refractivity contribution in [3.8, 4) is 0 Å². The highest BCUT2D eigenvalue weighted by molar-refractivity contribution is 5.94. The molecule has 1 amide bonds. The van der Waals surface area contributed by atoms with Crippen LogP contribution in [0.3, 0.4) is 0 Å². The molecule has 104 valence electrons. The largest absolute Gasteiger partial charge is 0.316 e. The standard InChI is InChI=1S/C13H20N4O2/c1-13(2,9-4-3-7-14-8-9)12(19)15-10-5-6-11(18)17-16-10/h5-6,9,14H,3-4,7-8H2,1-2H3,(H,17,18)(H,15,16,19). The van der Waals surface area contributed by atoms with Crippen molar-refractivity contribution in [1.82, 2.24) is 15.5 Å². The Morgan fingerprint density at radius 2 is 2.26 bits per heavy atom. The van der Waals surface area contributed by atoms with Gasteiger partial charge in [0.15, 0.2) is 5.82 Å². The number of aromatic nitrogens is 2. The number of carbonyl (C=O) groups is 1. The summed E-state index contributed by atoms with van der Waals surface area (Å²) < 4.78 is 0. The Labute approximate surface area is 112 Å². The molecule has 2 heterocycles. The summed E-state index contributed by atoms with van der Waals surface area (Å²) in [5.74, 6) is 0.617. The van der Waals surface area contributed by atoms with Gasteiger partial charge in [0.1, 0.15) is 0 Å². The van der Waals surface area contributed by atoms with Crippen molar-refractivity contribution in [3.63, 3.8) is 0 Å². The molecule has 1 saturated heterocycles. The highest BCUT2D eigenvalue weighted by Gasteiger charge is 2.37. The number of hydrogen-bond acceptors (Lipinski definition) is 4. The van der Waals surface area contributed by atoms with E-state index in [1.165, 1.54) is 12.1 Å². The molecule has 19 heavy (non-hydrogen) atoms. The first kappa shape index (κ1) is 13.7. The molecule has 2 rings (SSSR count). The summed E-state index contributed by atoms with van der Waals surface area (Å²) >= 11 is 0. The van der Waals surface area contributed by atoms with Gasteiger partial charge in [-0.3, -0.25) is 9.59 Å². The predicted molar refractivity (Wildman–Crippen MR) is 72.9 cm³/mol. The number of hydrogen-bond donors (Lipinski definition) is 3. The van der Waals surface area contributed by atoms with Gasteiger partial charge in [-0.2, -0.15) is 5.10 Å². The molecule has 0 aromatic carbocycles. The molecule has 1 aromatic rings. The third-order valence-electron chi connectivity index (χ3n) is 3.82. The molecule has 1 aliphatic heterocycles. The van der Waals surface area contributed by atoms with Gasteiger partial charge in [0, 0.05) is 11.5 Å². The lowest BCUT2D eigenvalue weighted by molar-refractivity contribution is -0.127. The molecule has 3 N–H and O–H groups in total. The fourth-order valence-corrected chi connectivity index (χ4v) is 2.34. The van der Waals surface area contributed by atoms with E-state index < -0.39 is 5.41 Å². The van der Waals surface area contributed by atoms with Gasteiger partial charge in [-0.05, 0) is 37.9 Å². The molecule has 0 radical (unpaired) electrons. The van der Waals surface area contributed by atoms with E-state index >= 15 is 0 Å².